The van der Waals surface area contributed by atoms with Gasteiger partial charge in [0.1, 0.15) is 0 Å². The highest BCUT2D eigenvalue weighted by Gasteiger charge is 2.49. The molecule has 0 radical (unpaired) electrons. The van der Waals surface area contributed by atoms with Crippen LogP contribution >= 0.6 is 0 Å². The van der Waals surface area contributed by atoms with Crippen LogP contribution in [-0.2, 0) is 16.2 Å². The second-order valence-corrected chi connectivity index (χ2v) is 19.2. The molecule has 0 unspecified atom stereocenters. The van der Waals surface area contributed by atoms with E-state index in [1.54, 1.807) is 0 Å². The molecule has 0 fully saturated rings. The summed E-state index contributed by atoms with van der Waals surface area (Å²) in [5.74, 6) is 0. The van der Waals surface area contributed by atoms with Crippen LogP contribution in [0, 0.1) is 0 Å². The summed E-state index contributed by atoms with van der Waals surface area (Å²) in [6.07, 6.45) is 6.72. The van der Waals surface area contributed by atoms with Crippen molar-refractivity contribution in [3.05, 3.63) is 304 Å². The van der Waals surface area contributed by atoms with E-state index in [1.807, 2.05) is 0 Å². The van der Waals surface area contributed by atoms with Crippen molar-refractivity contribution in [1.82, 2.24) is 0 Å². The molecular formula is C65H51N3. The molecule has 3 aliphatic heterocycles. The van der Waals surface area contributed by atoms with E-state index >= 15 is 0 Å². The van der Waals surface area contributed by atoms with Gasteiger partial charge < -0.3 is 15.1 Å². The summed E-state index contributed by atoms with van der Waals surface area (Å²) in [6, 6.07) is 85.8. The molecular weight excluding hydrogens is 823 g/mol. The number of hydrogen-bond acceptors (Lipinski definition) is 3. The Morgan fingerprint density at radius 3 is 1.24 bits per heavy atom. The highest BCUT2D eigenvalue weighted by Crippen LogP contribution is 2.60. The summed E-state index contributed by atoms with van der Waals surface area (Å²) >= 11 is 0. The van der Waals surface area contributed by atoms with E-state index in [2.05, 4.69) is 272 Å². The lowest BCUT2D eigenvalue weighted by Gasteiger charge is -2.48. The molecule has 0 bridgehead atoms. The highest BCUT2D eigenvalue weighted by molar-refractivity contribution is 5.92. The Morgan fingerprint density at radius 2 is 0.765 bits per heavy atom. The van der Waals surface area contributed by atoms with Crippen molar-refractivity contribution in [1.29, 1.82) is 0 Å². The van der Waals surface area contributed by atoms with Gasteiger partial charge >= 0.3 is 0 Å². The van der Waals surface area contributed by atoms with Crippen LogP contribution in [-0.4, -0.2) is 0 Å². The molecule has 326 valence electrons. The number of hydrogen-bond donors (Lipinski definition) is 1. The SMILES string of the molecule is CC1(C)c2cc(N3C4=C(CCC=C4)C(c4ccccc4)(c4ccccc4)c4ccccc43)ccc2Nc2ccc(N3c4ccccc4C(c4ccccc4)(c4ccccc4)c4ccccc43)cc21. The van der Waals surface area contributed by atoms with E-state index < -0.39 is 10.8 Å². The van der Waals surface area contributed by atoms with Crippen molar-refractivity contribution >= 4 is 39.8 Å². The molecule has 9 aromatic carbocycles. The zero-order valence-electron chi connectivity index (χ0n) is 38.4. The van der Waals surface area contributed by atoms with Gasteiger partial charge in [0.2, 0.25) is 0 Å². The zero-order valence-corrected chi connectivity index (χ0v) is 38.4. The van der Waals surface area contributed by atoms with Crippen LogP contribution < -0.4 is 15.1 Å². The normalized spacial score (nSPS) is 16.6. The van der Waals surface area contributed by atoms with E-state index in [4.69, 9.17) is 0 Å². The summed E-state index contributed by atoms with van der Waals surface area (Å²) in [7, 11) is 0. The maximum Gasteiger partial charge on any atom is 0.0742 e. The first-order valence-electron chi connectivity index (χ1n) is 24.1. The number of allylic oxidation sites excluding steroid dienone is 3. The highest BCUT2D eigenvalue weighted by atomic mass is 15.2. The maximum atomic E-state index is 3.92. The van der Waals surface area contributed by atoms with Crippen LogP contribution in [0.4, 0.5) is 39.8 Å². The zero-order chi connectivity index (χ0) is 45.5. The van der Waals surface area contributed by atoms with Gasteiger partial charge in [-0.25, -0.2) is 0 Å². The minimum atomic E-state index is -0.520. The van der Waals surface area contributed by atoms with Crippen molar-refractivity contribution in [3.63, 3.8) is 0 Å². The Kier molecular flexibility index (Phi) is 9.14. The molecule has 0 saturated carbocycles. The first-order valence-corrected chi connectivity index (χ1v) is 24.1. The van der Waals surface area contributed by atoms with Crippen LogP contribution in [0.3, 0.4) is 0 Å². The van der Waals surface area contributed by atoms with Gasteiger partial charge in [-0.15, -0.1) is 0 Å². The predicted octanol–water partition coefficient (Wildman–Crippen LogP) is 16.3. The third kappa shape index (κ3) is 5.66. The third-order valence-corrected chi connectivity index (χ3v) is 15.5. The van der Waals surface area contributed by atoms with Gasteiger partial charge in [0.25, 0.3) is 0 Å². The summed E-state index contributed by atoms with van der Waals surface area (Å²) in [5, 5.41) is 3.92. The van der Waals surface area contributed by atoms with Gasteiger partial charge in [-0.05, 0) is 129 Å². The average molecular weight is 874 g/mol. The Morgan fingerprint density at radius 1 is 0.382 bits per heavy atom. The number of benzene rings is 9. The Hall–Kier alpha value is -8.14. The molecule has 0 amide bonds. The third-order valence-electron chi connectivity index (χ3n) is 15.5. The molecule has 0 saturated heterocycles. The largest absolute Gasteiger partial charge is 0.355 e. The van der Waals surface area contributed by atoms with Gasteiger partial charge in [0, 0.05) is 33.9 Å². The topological polar surface area (TPSA) is 18.5 Å². The van der Waals surface area contributed by atoms with E-state index in [-0.39, 0.29) is 5.41 Å². The van der Waals surface area contributed by atoms with Crippen molar-refractivity contribution in [3.8, 4) is 0 Å². The number of fused-ring (bicyclic) bond motifs is 5. The standard InChI is InChI=1S/C65H51N3/c1-63(2)55-43-49(67-59-35-19-15-31-51(59)64(45-23-7-3-8-24-45,46-25-9-4-10-26-46)52-32-16-20-36-60(52)67)39-41-57(55)66-58-42-40-50(44-56(58)63)68-61-37-21-17-33-53(61)65(47-27-11-5-12-28-47,48-29-13-6-14-30-48)54-34-18-22-38-62(54)68/h3-17,19-33,35-44,66H,18,34H2,1-2H3. The first kappa shape index (κ1) is 40.2. The second-order valence-electron chi connectivity index (χ2n) is 19.2. The number of anilines is 7. The molecule has 0 atom stereocenters. The molecule has 1 N–H and O–H groups in total. The molecule has 1 aliphatic carbocycles. The van der Waals surface area contributed by atoms with Gasteiger partial charge in [0.05, 0.1) is 27.9 Å². The molecule has 13 rings (SSSR count). The van der Waals surface area contributed by atoms with Crippen molar-refractivity contribution in [2.75, 3.05) is 15.1 Å². The molecule has 9 aromatic rings. The van der Waals surface area contributed by atoms with Gasteiger partial charge in [-0.2, -0.15) is 0 Å². The average Bonchev–Trinajstić information content (AvgIpc) is 3.40. The van der Waals surface area contributed by atoms with E-state index in [9.17, 15) is 0 Å². The van der Waals surface area contributed by atoms with Crippen LogP contribution in [0.5, 0.6) is 0 Å². The molecule has 0 aromatic heterocycles. The Bertz CT molecular complexity index is 3330. The van der Waals surface area contributed by atoms with Crippen LogP contribution in [0.25, 0.3) is 0 Å². The quantitative estimate of drug-likeness (QED) is 0.180. The van der Waals surface area contributed by atoms with Crippen molar-refractivity contribution < 1.29 is 0 Å². The van der Waals surface area contributed by atoms with Gasteiger partial charge in [-0.1, -0.05) is 196 Å². The first-order chi connectivity index (χ1) is 33.5. The van der Waals surface area contributed by atoms with E-state index in [0.717, 1.165) is 35.6 Å². The molecule has 68 heavy (non-hydrogen) atoms. The van der Waals surface area contributed by atoms with Gasteiger partial charge in [0.15, 0.2) is 0 Å². The molecule has 3 heteroatoms. The Balaban J connectivity index is 0.961. The monoisotopic (exact) mass is 873 g/mol. The number of para-hydroxylation sites is 3. The van der Waals surface area contributed by atoms with Crippen molar-refractivity contribution in [2.24, 2.45) is 0 Å². The fourth-order valence-corrected chi connectivity index (χ4v) is 12.6. The second kappa shape index (κ2) is 15.5. The van der Waals surface area contributed by atoms with Gasteiger partial charge in [-0.3, -0.25) is 0 Å². The fraction of sp³-hybridized carbons (Fsp3) is 0.108. The predicted molar refractivity (Wildman–Crippen MR) is 282 cm³/mol. The minimum Gasteiger partial charge on any atom is -0.355 e. The molecule has 3 nitrogen and oxygen atoms in total. The molecule has 3 heterocycles. The number of rotatable bonds is 6. The van der Waals surface area contributed by atoms with Crippen LogP contribution in [0.2, 0.25) is 0 Å². The molecule has 0 spiro atoms. The maximum absolute atomic E-state index is 3.92. The number of nitrogens with one attached hydrogen (secondary N) is 1. The summed E-state index contributed by atoms with van der Waals surface area (Å²) < 4.78 is 0. The smallest absolute Gasteiger partial charge is 0.0742 e. The lowest BCUT2D eigenvalue weighted by molar-refractivity contribution is 0.636. The fourth-order valence-electron chi connectivity index (χ4n) is 12.6. The number of nitrogens with zero attached hydrogens (tertiary/aromatic N) is 2. The van der Waals surface area contributed by atoms with Crippen molar-refractivity contribution in [2.45, 2.75) is 42.9 Å². The van der Waals surface area contributed by atoms with E-state index in [1.165, 1.54) is 78.4 Å². The minimum absolute atomic E-state index is 0.346. The lowest BCUT2D eigenvalue weighted by atomic mass is 9.60. The summed E-state index contributed by atoms with van der Waals surface area (Å²) in [6.45, 7) is 4.80. The van der Waals surface area contributed by atoms with Crippen LogP contribution in [0.15, 0.2) is 254 Å². The lowest BCUT2D eigenvalue weighted by Crippen LogP contribution is -2.40. The summed E-state index contributed by atoms with van der Waals surface area (Å²) in [5.41, 5.74) is 21.0. The Labute approximate surface area is 400 Å². The molecule has 4 aliphatic rings. The van der Waals surface area contributed by atoms with E-state index in [0.29, 0.717) is 0 Å². The summed E-state index contributed by atoms with van der Waals surface area (Å²) in [4.78, 5) is 5.04. The van der Waals surface area contributed by atoms with Crippen LogP contribution in [0.1, 0.15) is 76.8 Å².